The lowest BCUT2D eigenvalue weighted by Gasteiger charge is -2.22. The highest BCUT2D eigenvalue weighted by molar-refractivity contribution is 5.85. The van der Waals surface area contributed by atoms with Crippen LogP contribution in [0.15, 0.2) is 78.9 Å². The SMILES string of the molecule is COc1cc(C(CNCC=Cc2ccccc2)c2cccc(C=CC(=O)O)c2)cc(OC)c1OC. The zero-order chi connectivity index (χ0) is 25.0. The Bertz CT molecular complexity index is 1150. The number of hydrogen-bond donors (Lipinski definition) is 2. The Morgan fingerprint density at radius 1 is 0.857 bits per heavy atom. The fraction of sp³-hybridized carbons (Fsp3) is 0.207. The van der Waals surface area contributed by atoms with E-state index in [1.54, 1.807) is 27.4 Å². The summed E-state index contributed by atoms with van der Waals surface area (Å²) in [6.45, 7) is 1.33. The fourth-order valence-electron chi connectivity index (χ4n) is 3.85. The van der Waals surface area contributed by atoms with Crippen molar-refractivity contribution >= 4 is 18.1 Å². The van der Waals surface area contributed by atoms with Gasteiger partial charge in [-0.3, -0.25) is 0 Å². The summed E-state index contributed by atoms with van der Waals surface area (Å²) < 4.78 is 16.6. The highest BCUT2D eigenvalue weighted by Gasteiger charge is 2.20. The molecule has 2 N–H and O–H groups in total. The summed E-state index contributed by atoms with van der Waals surface area (Å²) in [5.41, 5.74) is 3.98. The lowest BCUT2D eigenvalue weighted by Crippen LogP contribution is -2.22. The number of aliphatic carboxylic acids is 1. The first-order chi connectivity index (χ1) is 17.0. The van der Waals surface area contributed by atoms with E-state index in [1.165, 1.54) is 0 Å². The number of carbonyl (C=O) groups is 1. The number of nitrogens with one attached hydrogen (secondary N) is 1. The van der Waals surface area contributed by atoms with Crippen LogP contribution in [0.4, 0.5) is 0 Å². The molecule has 6 nitrogen and oxygen atoms in total. The molecule has 0 aliphatic carbocycles. The molecule has 0 aliphatic rings. The van der Waals surface area contributed by atoms with Gasteiger partial charge in [0.15, 0.2) is 11.5 Å². The van der Waals surface area contributed by atoms with Crippen molar-refractivity contribution in [1.82, 2.24) is 5.32 Å². The van der Waals surface area contributed by atoms with E-state index in [9.17, 15) is 4.79 Å². The van der Waals surface area contributed by atoms with Crippen LogP contribution in [-0.2, 0) is 4.79 Å². The average Bonchev–Trinajstić information content (AvgIpc) is 2.89. The first-order valence-corrected chi connectivity index (χ1v) is 11.3. The number of ether oxygens (including phenoxy) is 3. The van der Waals surface area contributed by atoms with Crippen LogP contribution in [0.2, 0.25) is 0 Å². The molecule has 1 atom stereocenters. The third kappa shape index (κ3) is 7.22. The maximum Gasteiger partial charge on any atom is 0.328 e. The van der Waals surface area contributed by atoms with E-state index in [1.807, 2.05) is 54.6 Å². The van der Waals surface area contributed by atoms with Gasteiger partial charge in [-0.1, -0.05) is 66.7 Å². The maximum absolute atomic E-state index is 11.0. The Morgan fingerprint density at radius 3 is 2.17 bits per heavy atom. The second-order valence-electron chi connectivity index (χ2n) is 7.82. The maximum atomic E-state index is 11.0. The molecule has 0 amide bonds. The second-order valence-corrected chi connectivity index (χ2v) is 7.82. The van der Waals surface area contributed by atoms with E-state index in [0.29, 0.717) is 30.3 Å². The lowest BCUT2D eigenvalue weighted by molar-refractivity contribution is -0.131. The van der Waals surface area contributed by atoms with Gasteiger partial charge in [0.1, 0.15) is 0 Å². The standard InChI is InChI=1S/C29H31NO5/c1-33-26-18-24(19-27(34-2)29(26)35-3)25(20-30-16-8-12-21-9-5-4-6-10-21)23-13-7-11-22(17-23)14-15-28(31)32/h4-15,17-19,25,30H,16,20H2,1-3H3,(H,31,32). The second kappa shape index (κ2) is 13.0. The number of hydrogen-bond acceptors (Lipinski definition) is 5. The van der Waals surface area contributed by atoms with Crippen molar-refractivity contribution in [3.63, 3.8) is 0 Å². The molecule has 0 aromatic heterocycles. The summed E-state index contributed by atoms with van der Waals surface area (Å²) in [5.74, 6) is 0.667. The predicted octanol–water partition coefficient (Wildman–Crippen LogP) is 5.25. The van der Waals surface area contributed by atoms with Gasteiger partial charge in [-0.05, 0) is 40.5 Å². The van der Waals surface area contributed by atoms with Crippen LogP contribution in [0.1, 0.15) is 28.2 Å². The van der Waals surface area contributed by atoms with Gasteiger partial charge in [0.25, 0.3) is 0 Å². The zero-order valence-electron chi connectivity index (χ0n) is 20.2. The summed E-state index contributed by atoms with van der Waals surface area (Å²) in [4.78, 5) is 11.0. The van der Waals surface area contributed by atoms with Crippen molar-refractivity contribution in [1.29, 1.82) is 0 Å². The Kier molecular flexibility index (Phi) is 9.51. The zero-order valence-corrected chi connectivity index (χ0v) is 20.2. The lowest BCUT2D eigenvalue weighted by atomic mass is 9.89. The number of rotatable bonds is 12. The fourth-order valence-corrected chi connectivity index (χ4v) is 3.85. The third-order valence-electron chi connectivity index (χ3n) is 5.54. The summed E-state index contributed by atoms with van der Waals surface area (Å²) in [6.07, 6.45) is 6.90. The molecule has 182 valence electrons. The van der Waals surface area contributed by atoms with E-state index in [-0.39, 0.29) is 5.92 Å². The molecule has 3 aromatic rings. The highest BCUT2D eigenvalue weighted by atomic mass is 16.5. The molecule has 0 bridgehead atoms. The number of methoxy groups -OCH3 is 3. The van der Waals surface area contributed by atoms with Gasteiger partial charge in [-0.15, -0.1) is 0 Å². The first kappa shape index (κ1) is 25.6. The average molecular weight is 474 g/mol. The molecule has 0 saturated heterocycles. The van der Waals surface area contributed by atoms with Gasteiger partial charge in [0.05, 0.1) is 21.3 Å². The van der Waals surface area contributed by atoms with Crippen molar-refractivity contribution in [3.8, 4) is 17.2 Å². The van der Waals surface area contributed by atoms with Gasteiger partial charge < -0.3 is 24.6 Å². The molecule has 6 heteroatoms. The minimum atomic E-state index is -0.983. The Balaban J connectivity index is 1.91. The molecule has 0 saturated carbocycles. The van der Waals surface area contributed by atoms with E-state index < -0.39 is 5.97 Å². The van der Waals surface area contributed by atoms with E-state index in [0.717, 1.165) is 28.3 Å². The molecule has 0 radical (unpaired) electrons. The number of benzene rings is 3. The van der Waals surface area contributed by atoms with Crippen molar-refractivity contribution < 1.29 is 24.1 Å². The van der Waals surface area contributed by atoms with E-state index >= 15 is 0 Å². The third-order valence-corrected chi connectivity index (χ3v) is 5.54. The summed E-state index contributed by atoms with van der Waals surface area (Å²) in [6, 6.07) is 21.9. The monoisotopic (exact) mass is 473 g/mol. The largest absolute Gasteiger partial charge is 0.493 e. The van der Waals surface area contributed by atoms with Crippen molar-refractivity contribution in [2.75, 3.05) is 34.4 Å². The van der Waals surface area contributed by atoms with Crippen LogP contribution in [0, 0.1) is 0 Å². The summed E-state index contributed by atoms with van der Waals surface area (Å²) in [5, 5.41) is 12.5. The van der Waals surface area contributed by atoms with E-state index in [2.05, 4.69) is 29.6 Å². The van der Waals surface area contributed by atoms with Gasteiger partial charge in [0, 0.05) is 25.1 Å². The van der Waals surface area contributed by atoms with Crippen LogP contribution in [0.5, 0.6) is 17.2 Å². The van der Waals surface area contributed by atoms with Crippen LogP contribution in [-0.4, -0.2) is 45.5 Å². The van der Waals surface area contributed by atoms with Crippen LogP contribution in [0.3, 0.4) is 0 Å². The van der Waals surface area contributed by atoms with Gasteiger partial charge >= 0.3 is 5.97 Å². The molecule has 0 aliphatic heterocycles. The van der Waals surface area contributed by atoms with Gasteiger partial charge in [-0.2, -0.15) is 0 Å². The van der Waals surface area contributed by atoms with Crippen LogP contribution in [0.25, 0.3) is 12.2 Å². The van der Waals surface area contributed by atoms with Crippen molar-refractivity contribution in [2.45, 2.75) is 5.92 Å². The molecule has 0 spiro atoms. The Labute approximate surface area is 206 Å². The molecule has 35 heavy (non-hydrogen) atoms. The molecular weight excluding hydrogens is 442 g/mol. The number of carboxylic acids is 1. The van der Waals surface area contributed by atoms with Crippen molar-refractivity contribution in [3.05, 3.63) is 101 Å². The normalized spacial score (nSPS) is 12.1. The van der Waals surface area contributed by atoms with Crippen LogP contribution >= 0.6 is 0 Å². The molecule has 3 aromatic carbocycles. The molecule has 1 unspecified atom stereocenters. The molecule has 0 heterocycles. The smallest absolute Gasteiger partial charge is 0.328 e. The molecular formula is C29H31NO5. The first-order valence-electron chi connectivity index (χ1n) is 11.3. The molecule has 0 fully saturated rings. The quantitative estimate of drug-likeness (QED) is 0.277. The Hall–Kier alpha value is -4.03. The van der Waals surface area contributed by atoms with Crippen LogP contribution < -0.4 is 19.5 Å². The van der Waals surface area contributed by atoms with E-state index in [4.69, 9.17) is 19.3 Å². The van der Waals surface area contributed by atoms with Gasteiger partial charge in [0.2, 0.25) is 5.75 Å². The summed E-state index contributed by atoms with van der Waals surface area (Å²) in [7, 11) is 4.77. The summed E-state index contributed by atoms with van der Waals surface area (Å²) >= 11 is 0. The minimum absolute atomic E-state index is 0.0491. The van der Waals surface area contributed by atoms with Gasteiger partial charge in [-0.25, -0.2) is 4.79 Å². The number of carboxylic acid groups (broad SMARTS) is 1. The predicted molar refractivity (Wildman–Crippen MR) is 139 cm³/mol. The van der Waals surface area contributed by atoms with Crippen molar-refractivity contribution in [2.24, 2.45) is 0 Å². The minimum Gasteiger partial charge on any atom is -0.493 e. The molecule has 3 rings (SSSR count). The topological polar surface area (TPSA) is 77.0 Å². The Morgan fingerprint density at radius 2 is 1.54 bits per heavy atom. The highest BCUT2D eigenvalue weighted by Crippen LogP contribution is 2.41.